The summed E-state index contributed by atoms with van der Waals surface area (Å²) in [6.07, 6.45) is 4.22. The van der Waals surface area contributed by atoms with E-state index in [0.717, 1.165) is 32.3 Å². The zero-order valence-electron chi connectivity index (χ0n) is 9.66. The summed E-state index contributed by atoms with van der Waals surface area (Å²) in [5.41, 5.74) is 6.61. The molecule has 1 aliphatic rings. The van der Waals surface area contributed by atoms with E-state index < -0.39 is 0 Å². The average molecular weight is 302 g/mol. The summed E-state index contributed by atoms with van der Waals surface area (Å²) >= 11 is 3.18. The van der Waals surface area contributed by atoms with E-state index in [9.17, 15) is 4.39 Å². The number of rotatable bonds is 4. The topological polar surface area (TPSA) is 35.2 Å². The Bertz CT molecular complexity index is 380. The predicted molar refractivity (Wildman–Crippen MR) is 69.2 cm³/mol. The molecule has 0 bridgehead atoms. The highest BCUT2D eigenvalue weighted by molar-refractivity contribution is 9.10. The second kappa shape index (κ2) is 5.94. The van der Waals surface area contributed by atoms with Crippen LogP contribution in [0.5, 0.6) is 0 Å². The maximum atomic E-state index is 13.8. The molecule has 2 rings (SSSR count). The molecule has 0 radical (unpaired) electrons. The molecule has 0 amide bonds. The van der Waals surface area contributed by atoms with Crippen LogP contribution in [0.15, 0.2) is 22.7 Å². The Labute approximate surface area is 109 Å². The first-order chi connectivity index (χ1) is 8.18. The molecule has 2 atom stereocenters. The van der Waals surface area contributed by atoms with E-state index in [1.54, 1.807) is 12.1 Å². The van der Waals surface area contributed by atoms with E-state index in [0.29, 0.717) is 16.1 Å². The van der Waals surface area contributed by atoms with Crippen molar-refractivity contribution in [3.05, 3.63) is 34.1 Å². The fourth-order valence-electron chi connectivity index (χ4n) is 2.20. The van der Waals surface area contributed by atoms with E-state index in [1.165, 1.54) is 0 Å². The summed E-state index contributed by atoms with van der Waals surface area (Å²) < 4.78 is 19.8. The number of nitrogens with two attached hydrogens (primary N) is 1. The molecule has 1 aromatic rings. The zero-order valence-corrected chi connectivity index (χ0v) is 11.2. The Morgan fingerprint density at radius 1 is 1.53 bits per heavy atom. The summed E-state index contributed by atoms with van der Waals surface area (Å²) in [7, 11) is 0. The molecule has 1 heterocycles. The van der Waals surface area contributed by atoms with E-state index in [1.807, 2.05) is 6.07 Å². The lowest BCUT2D eigenvalue weighted by molar-refractivity contribution is 0.101. The maximum Gasteiger partial charge on any atom is 0.142 e. The fraction of sp³-hybridized carbons (Fsp3) is 0.538. The van der Waals surface area contributed by atoms with Gasteiger partial charge in [0, 0.05) is 18.2 Å². The van der Waals surface area contributed by atoms with Crippen LogP contribution in [0.2, 0.25) is 0 Å². The summed E-state index contributed by atoms with van der Waals surface area (Å²) in [4.78, 5) is 0. The van der Waals surface area contributed by atoms with Crippen LogP contribution in [0.1, 0.15) is 37.3 Å². The molecule has 2 N–H and O–H groups in total. The first kappa shape index (κ1) is 13.0. The van der Waals surface area contributed by atoms with Crippen LogP contribution >= 0.6 is 15.9 Å². The van der Waals surface area contributed by atoms with Crippen molar-refractivity contribution in [3.8, 4) is 0 Å². The van der Waals surface area contributed by atoms with E-state index in [2.05, 4.69) is 15.9 Å². The Kier molecular flexibility index (Phi) is 4.54. The van der Waals surface area contributed by atoms with E-state index in [4.69, 9.17) is 10.5 Å². The highest BCUT2D eigenvalue weighted by Crippen LogP contribution is 2.27. The van der Waals surface area contributed by atoms with Crippen molar-refractivity contribution in [2.24, 2.45) is 5.73 Å². The van der Waals surface area contributed by atoms with Gasteiger partial charge in [-0.05, 0) is 47.7 Å². The summed E-state index contributed by atoms with van der Waals surface area (Å²) in [5.74, 6) is -0.243. The van der Waals surface area contributed by atoms with Crippen molar-refractivity contribution in [1.29, 1.82) is 0 Å². The number of benzene rings is 1. The van der Waals surface area contributed by atoms with Crippen LogP contribution < -0.4 is 5.73 Å². The lowest BCUT2D eigenvalue weighted by Gasteiger charge is -2.16. The Morgan fingerprint density at radius 2 is 2.35 bits per heavy atom. The SMILES string of the molecule is NC(CCC1CCCO1)c1cccc(Br)c1F. The molecule has 2 unspecified atom stereocenters. The van der Waals surface area contributed by atoms with E-state index in [-0.39, 0.29) is 11.9 Å². The minimum Gasteiger partial charge on any atom is -0.378 e. The minimum absolute atomic E-state index is 0.243. The molecule has 17 heavy (non-hydrogen) atoms. The van der Waals surface area contributed by atoms with Crippen molar-refractivity contribution in [1.82, 2.24) is 0 Å². The largest absolute Gasteiger partial charge is 0.378 e. The van der Waals surface area contributed by atoms with Crippen LogP contribution in [0.4, 0.5) is 4.39 Å². The number of hydrogen-bond acceptors (Lipinski definition) is 2. The van der Waals surface area contributed by atoms with Gasteiger partial charge in [0.05, 0.1) is 10.6 Å². The molecular weight excluding hydrogens is 285 g/mol. The van der Waals surface area contributed by atoms with Crippen molar-refractivity contribution in [3.63, 3.8) is 0 Å². The molecule has 94 valence electrons. The van der Waals surface area contributed by atoms with Gasteiger partial charge in [-0.3, -0.25) is 0 Å². The first-order valence-electron chi connectivity index (χ1n) is 5.99. The standard InChI is InChI=1S/C13H17BrFNO/c14-11-5-1-4-10(13(11)15)12(16)7-6-9-3-2-8-17-9/h1,4-5,9,12H,2-3,6-8,16H2. The molecular formula is C13H17BrFNO. The maximum absolute atomic E-state index is 13.8. The summed E-state index contributed by atoms with van der Waals surface area (Å²) in [5, 5.41) is 0. The zero-order chi connectivity index (χ0) is 12.3. The van der Waals surface area contributed by atoms with Crippen LogP contribution in [-0.4, -0.2) is 12.7 Å². The third-order valence-corrected chi connectivity index (χ3v) is 3.82. The molecule has 0 spiro atoms. The average Bonchev–Trinajstić information content (AvgIpc) is 2.82. The monoisotopic (exact) mass is 301 g/mol. The number of ether oxygens (including phenoxy) is 1. The van der Waals surface area contributed by atoms with Gasteiger partial charge in [0.15, 0.2) is 0 Å². The summed E-state index contributed by atoms with van der Waals surface area (Å²) in [6, 6.07) is 5.00. The van der Waals surface area contributed by atoms with Gasteiger partial charge < -0.3 is 10.5 Å². The van der Waals surface area contributed by atoms with Gasteiger partial charge in [-0.1, -0.05) is 12.1 Å². The van der Waals surface area contributed by atoms with Crippen LogP contribution in [-0.2, 0) is 4.74 Å². The molecule has 0 aromatic heterocycles. The van der Waals surface area contributed by atoms with Crippen LogP contribution in [0.25, 0.3) is 0 Å². The molecule has 1 fully saturated rings. The molecule has 0 saturated carbocycles. The molecule has 1 aliphatic heterocycles. The highest BCUT2D eigenvalue weighted by Gasteiger charge is 2.19. The van der Waals surface area contributed by atoms with Crippen molar-refractivity contribution >= 4 is 15.9 Å². The third kappa shape index (κ3) is 3.27. The minimum atomic E-state index is -0.253. The fourth-order valence-corrected chi connectivity index (χ4v) is 2.58. The van der Waals surface area contributed by atoms with Gasteiger partial charge in [0.25, 0.3) is 0 Å². The van der Waals surface area contributed by atoms with E-state index >= 15 is 0 Å². The normalized spacial score (nSPS) is 21.7. The molecule has 1 aromatic carbocycles. The van der Waals surface area contributed by atoms with Crippen molar-refractivity contribution in [2.75, 3.05) is 6.61 Å². The first-order valence-corrected chi connectivity index (χ1v) is 6.79. The quantitative estimate of drug-likeness (QED) is 0.923. The van der Waals surface area contributed by atoms with Gasteiger partial charge in [0.1, 0.15) is 5.82 Å². The van der Waals surface area contributed by atoms with Crippen molar-refractivity contribution < 1.29 is 9.13 Å². The van der Waals surface area contributed by atoms with Gasteiger partial charge in [-0.2, -0.15) is 0 Å². The second-order valence-corrected chi connectivity index (χ2v) is 5.32. The predicted octanol–water partition coefficient (Wildman–Crippen LogP) is 3.55. The lowest BCUT2D eigenvalue weighted by Crippen LogP contribution is -2.15. The molecule has 2 nitrogen and oxygen atoms in total. The second-order valence-electron chi connectivity index (χ2n) is 4.46. The molecule has 0 aliphatic carbocycles. The van der Waals surface area contributed by atoms with Gasteiger partial charge >= 0.3 is 0 Å². The highest BCUT2D eigenvalue weighted by atomic mass is 79.9. The van der Waals surface area contributed by atoms with Crippen LogP contribution in [0.3, 0.4) is 0 Å². The summed E-state index contributed by atoms with van der Waals surface area (Å²) in [6.45, 7) is 0.852. The van der Waals surface area contributed by atoms with Gasteiger partial charge in [-0.25, -0.2) is 4.39 Å². The Hall–Kier alpha value is -0.450. The Balaban J connectivity index is 1.94. The van der Waals surface area contributed by atoms with Gasteiger partial charge in [0.2, 0.25) is 0 Å². The number of hydrogen-bond donors (Lipinski definition) is 1. The van der Waals surface area contributed by atoms with Crippen LogP contribution in [0, 0.1) is 5.82 Å². The molecule has 1 saturated heterocycles. The smallest absolute Gasteiger partial charge is 0.142 e. The van der Waals surface area contributed by atoms with Crippen molar-refractivity contribution in [2.45, 2.75) is 37.8 Å². The number of halogens is 2. The Morgan fingerprint density at radius 3 is 3.06 bits per heavy atom. The molecule has 4 heteroatoms. The third-order valence-electron chi connectivity index (χ3n) is 3.20. The lowest BCUT2D eigenvalue weighted by atomic mass is 10.00. The van der Waals surface area contributed by atoms with Gasteiger partial charge in [-0.15, -0.1) is 0 Å².